The summed E-state index contributed by atoms with van der Waals surface area (Å²) in [6, 6.07) is 79.4. The van der Waals surface area contributed by atoms with Gasteiger partial charge in [0.25, 0.3) is 0 Å². The average molecular weight is 1020 g/mol. The van der Waals surface area contributed by atoms with Crippen molar-refractivity contribution in [1.29, 1.82) is 0 Å². The number of rotatable bonds is 16. The number of aromatic nitrogens is 2. The van der Waals surface area contributed by atoms with E-state index in [1.165, 1.54) is 173 Å². The zero-order valence-corrected chi connectivity index (χ0v) is 45.7. The van der Waals surface area contributed by atoms with E-state index in [4.69, 9.17) is 0 Å². The Labute approximate surface area is 465 Å². The first-order valence-electron chi connectivity index (χ1n) is 29.1. The van der Waals surface area contributed by atoms with E-state index in [0.29, 0.717) is 0 Å². The molecule has 2 aliphatic rings. The minimum Gasteiger partial charge on any atom is -0.309 e. The molecule has 0 unspecified atom stereocenters. The third kappa shape index (κ3) is 7.90. The largest absolute Gasteiger partial charge is 0.309 e. The van der Waals surface area contributed by atoms with Crippen molar-refractivity contribution in [3.05, 3.63) is 264 Å². The fraction of sp³-hybridized carbons (Fsp3) is 0.169. The summed E-state index contributed by atoms with van der Waals surface area (Å²) in [5, 5.41) is 4.99. The second-order valence-electron chi connectivity index (χ2n) is 22.4. The van der Waals surface area contributed by atoms with E-state index in [2.05, 4.69) is 242 Å². The number of fused-ring (bicyclic) bond motifs is 16. The van der Waals surface area contributed by atoms with Crippen molar-refractivity contribution in [2.75, 3.05) is 0 Å². The molecule has 2 heteroatoms. The SMILES string of the molecule is C=Cc1cccc(-c2ccc3c(c2)c2ccccc2n3-c2ccc3c(c2)-c2cc(-n4c5ccccc5c5cc(-c6cccc(C=C)c6)ccc54)ccc2C32c3cc(CCCCCC)ccc3-c3ccc(CCCCCC)cc32)c1. The molecule has 0 saturated carbocycles. The molecule has 12 aromatic rings. The van der Waals surface area contributed by atoms with Crippen molar-refractivity contribution in [3.63, 3.8) is 0 Å². The molecule has 0 saturated heterocycles. The minimum absolute atomic E-state index is 0.503. The lowest BCUT2D eigenvalue weighted by Gasteiger charge is -2.31. The van der Waals surface area contributed by atoms with E-state index in [9.17, 15) is 0 Å². The van der Waals surface area contributed by atoms with Crippen LogP contribution in [-0.2, 0) is 18.3 Å². The quantitative estimate of drug-likeness (QED) is 0.0854. The number of para-hydroxylation sites is 2. The van der Waals surface area contributed by atoms with Gasteiger partial charge in [0.1, 0.15) is 0 Å². The van der Waals surface area contributed by atoms with Gasteiger partial charge in [0.2, 0.25) is 0 Å². The van der Waals surface area contributed by atoms with E-state index >= 15 is 0 Å². The normalized spacial score (nSPS) is 12.9. The number of benzene rings is 10. The number of hydrogen-bond donors (Lipinski definition) is 0. The number of unbranched alkanes of at least 4 members (excludes halogenated alkanes) is 6. The molecule has 2 heterocycles. The summed E-state index contributed by atoms with van der Waals surface area (Å²) in [6.45, 7) is 12.8. The van der Waals surface area contributed by atoms with Gasteiger partial charge in [-0.1, -0.05) is 211 Å². The lowest BCUT2D eigenvalue weighted by Crippen LogP contribution is -2.26. The van der Waals surface area contributed by atoms with E-state index in [-0.39, 0.29) is 0 Å². The third-order valence-corrected chi connectivity index (χ3v) is 17.8. The van der Waals surface area contributed by atoms with Crippen LogP contribution < -0.4 is 0 Å². The van der Waals surface area contributed by atoms with Crippen LogP contribution in [0.5, 0.6) is 0 Å². The van der Waals surface area contributed by atoms with E-state index in [1.54, 1.807) is 0 Å². The van der Waals surface area contributed by atoms with E-state index in [1.807, 2.05) is 12.2 Å². The first-order valence-corrected chi connectivity index (χ1v) is 29.1. The molecule has 2 nitrogen and oxygen atoms in total. The molecule has 0 amide bonds. The van der Waals surface area contributed by atoms with Gasteiger partial charge < -0.3 is 9.13 Å². The van der Waals surface area contributed by atoms with Crippen molar-refractivity contribution in [1.82, 2.24) is 9.13 Å². The summed E-state index contributed by atoms with van der Waals surface area (Å²) >= 11 is 0. The number of hydrogen-bond acceptors (Lipinski definition) is 0. The maximum atomic E-state index is 4.07. The maximum Gasteiger partial charge on any atom is 0.0725 e. The van der Waals surface area contributed by atoms with E-state index < -0.39 is 5.41 Å². The molecule has 0 bridgehead atoms. The molecule has 2 aliphatic carbocycles. The van der Waals surface area contributed by atoms with Crippen LogP contribution in [-0.4, -0.2) is 9.13 Å². The second-order valence-corrected chi connectivity index (χ2v) is 22.4. The highest BCUT2D eigenvalue weighted by molar-refractivity contribution is 6.12. The Morgan fingerprint density at radius 1 is 0.342 bits per heavy atom. The maximum absolute atomic E-state index is 4.07. The van der Waals surface area contributed by atoms with Crippen LogP contribution in [0.15, 0.2) is 219 Å². The number of aryl methyl sites for hydroxylation is 2. The van der Waals surface area contributed by atoms with Crippen LogP contribution in [0.4, 0.5) is 0 Å². The van der Waals surface area contributed by atoms with Gasteiger partial charge in [0, 0.05) is 32.9 Å². The van der Waals surface area contributed by atoms with Crippen LogP contribution in [0.1, 0.15) is 110 Å². The van der Waals surface area contributed by atoms with Crippen LogP contribution in [0.3, 0.4) is 0 Å². The highest BCUT2D eigenvalue weighted by Gasteiger charge is 2.52. The molecule has 0 fully saturated rings. The Hall–Kier alpha value is -8.72. The molecule has 14 rings (SSSR count). The Morgan fingerprint density at radius 3 is 1.24 bits per heavy atom. The molecule has 79 heavy (non-hydrogen) atoms. The molecule has 0 atom stereocenters. The van der Waals surface area contributed by atoms with Crippen molar-refractivity contribution in [2.45, 2.75) is 83.5 Å². The molecule has 1 spiro atoms. The fourth-order valence-electron chi connectivity index (χ4n) is 14.0. The van der Waals surface area contributed by atoms with Gasteiger partial charge >= 0.3 is 0 Å². The zero-order chi connectivity index (χ0) is 53.2. The zero-order valence-electron chi connectivity index (χ0n) is 45.7. The Balaban J connectivity index is 1.01. The summed E-state index contributed by atoms with van der Waals surface area (Å²) in [5.74, 6) is 0. The highest BCUT2D eigenvalue weighted by Crippen LogP contribution is 2.64. The van der Waals surface area contributed by atoms with Crippen molar-refractivity contribution in [3.8, 4) is 55.9 Å². The lowest BCUT2D eigenvalue weighted by molar-refractivity contribution is 0.665. The van der Waals surface area contributed by atoms with Crippen LogP contribution in [0.25, 0.3) is 112 Å². The van der Waals surface area contributed by atoms with Crippen molar-refractivity contribution in [2.24, 2.45) is 0 Å². The summed E-state index contributed by atoms with van der Waals surface area (Å²) in [7, 11) is 0. The lowest BCUT2D eigenvalue weighted by atomic mass is 9.70. The monoisotopic (exact) mass is 1020 g/mol. The van der Waals surface area contributed by atoms with Gasteiger partial charge in [-0.25, -0.2) is 0 Å². The van der Waals surface area contributed by atoms with Gasteiger partial charge in [-0.15, -0.1) is 0 Å². The first-order chi connectivity index (χ1) is 39.0. The standard InChI is InChI=1S/C77H66N2/c1-5-9-11-13-21-53-31-37-61-62-38-32-54(22-14-12-10-6-2)46-72(62)77(71(61)45-53)69-39-35-59(78-73-29-17-15-27-63(73)67-47-57(33-41-75(67)78)55-25-19-23-51(7-3)43-55)49-65(69)66-50-60(36-40-70(66)77)79-74-30-18-16-28-64(74)68-48-58(34-42-76(68)79)56-26-20-24-52(8-4)44-56/h7-8,15-20,23-50H,3-6,9-14,21-22H2,1-2H3. The molecule has 2 aromatic heterocycles. The van der Waals surface area contributed by atoms with Crippen LogP contribution >= 0.6 is 0 Å². The van der Waals surface area contributed by atoms with Gasteiger partial charge in [-0.3, -0.25) is 0 Å². The molecule has 384 valence electrons. The molecular weight excluding hydrogens is 953 g/mol. The second kappa shape index (κ2) is 19.9. The topological polar surface area (TPSA) is 9.86 Å². The molecule has 0 aliphatic heterocycles. The minimum atomic E-state index is -0.503. The van der Waals surface area contributed by atoms with Gasteiger partial charge in [-0.2, -0.15) is 0 Å². The summed E-state index contributed by atoms with van der Waals surface area (Å²) in [4.78, 5) is 0. The Bertz CT molecular complexity index is 4120. The predicted molar refractivity (Wildman–Crippen MR) is 338 cm³/mol. The molecule has 0 radical (unpaired) electrons. The molecule has 0 N–H and O–H groups in total. The van der Waals surface area contributed by atoms with Crippen LogP contribution in [0, 0.1) is 0 Å². The third-order valence-electron chi connectivity index (χ3n) is 17.8. The highest BCUT2D eigenvalue weighted by atomic mass is 15.0. The Kier molecular flexibility index (Phi) is 12.3. The first kappa shape index (κ1) is 48.6. The summed E-state index contributed by atoms with van der Waals surface area (Å²) < 4.78 is 5.02. The van der Waals surface area contributed by atoms with Gasteiger partial charge in [-0.05, 0) is 187 Å². The van der Waals surface area contributed by atoms with Crippen molar-refractivity contribution >= 4 is 55.8 Å². The predicted octanol–water partition coefficient (Wildman–Crippen LogP) is 21.1. The Morgan fingerprint density at radius 2 is 0.785 bits per heavy atom. The van der Waals surface area contributed by atoms with Crippen molar-refractivity contribution < 1.29 is 0 Å². The summed E-state index contributed by atoms with van der Waals surface area (Å²) in [5.41, 5.74) is 27.4. The fourth-order valence-corrected chi connectivity index (χ4v) is 14.0. The van der Waals surface area contributed by atoms with Crippen LogP contribution in [0.2, 0.25) is 0 Å². The molecule has 10 aromatic carbocycles. The number of nitrogens with zero attached hydrogens (tertiary/aromatic N) is 2. The average Bonchev–Trinajstić information content (AvgIpc) is 3.92. The van der Waals surface area contributed by atoms with Gasteiger partial charge in [0.15, 0.2) is 0 Å². The van der Waals surface area contributed by atoms with Gasteiger partial charge in [0.05, 0.1) is 27.5 Å². The summed E-state index contributed by atoms with van der Waals surface area (Å²) in [6.07, 6.45) is 16.0. The smallest absolute Gasteiger partial charge is 0.0725 e. The van der Waals surface area contributed by atoms with E-state index in [0.717, 1.165) is 35.3 Å². The molecular formula is C77H66N2.